The average molecular weight is 281 g/mol. The Balaban J connectivity index is 1.99. The maximum absolute atomic E-state index is 11.9. The molecule has 0 aliphatic carbocycles. The molecule has 0 aliphatic rings. The van der Waals surface area contributed by atoms with Gasteiger partial charge < -0.3 is 4.42 Å². The van der Waals surface area contributed by atoms with Gasteiger partial charge in [0, 0.05) is 6.20 Å². The molecule has 2 aromatic rings. The van der Waals surface area contributed by atoms with E-state index in [0.717, 1.165) is 0 Å². The molecule has 2 N–H and O–H groups in total. The van der Waals surface area contributed by atoms with Crippen LogP contribution in [-0.2, 0) is 4.79 Å². The third-order valence-corrected chi connectivity index (χ3v) is 2.30. The average Bonchev–Trinajstić information content (AvgIpc) is 2.98. The summed E-state index contributed by atoms with van der Waals surface area (Å²) in [5.74, 6) is -1.81. The number of pyridine rings is 1. The maximum Gasteiger partial charge on any atom is 0.317 e. The molecule has 2 aromatic heterocycles. The number of nitrogens with zero attached hydrogens (tertiary/aromatic N) is 1. The van der Waals surface area contributed by atoms with E-state index in [0.29, 0.717) is 11.5 Å². The predicted octanol–water partition coefficient (Wildman–Crippen LogP) is 1.37. The number of aromatic nitrogens is 1. The van der Waals surface area contributed by atoms with Crippen molar-refractivity contribution in [2.75, 3.05) is 0 Å². The fourth-order valence-electron chi connectivity index (χ4n) is 1.34. The summed E-state index contributed by atoms with van der Waals surface area (Å²) < 4.78 is 28.9. The van der Waals surface area contributed by atoms with E-state index in [-0.39, 0.29) is 5.56 Å². The molecule has 0 radical (unpaired) electrons. The van der Waals surface area contributed by atoms with Crippen molar-refractivity contribution in [3.8, 4) is 11.5 Å². The lowest BCUT2D eigenvalue weighted by Gasteiger charge is -2.06. The minimum Gasteiger partial charge on any atom is -0.463 e. The van der Waals surface area contributed by atoms with E-state index in [1.165, 1.54) is 24.6 Å². The summed E-state index contributed by atoms with van der Waals surface area (Å²) in [5.41, 5.74) is 4.06. The Labute approximate surface area is 111 Å². The van der Waals surface area contributed by atoms with Crippen LogP contribution in [0.2, 0.25) is 0 Å². The summed E-state index contributed by atoms with van der Waals surface area (Å²) in [6, 6.07) is 6.35. The largest absolute Gasteiger partial charge is 0.463 e. The molecule has 0 atom stereocenters. The highest BCUT2D eigenvalue weighted by Gasteiger charge is 2.16. The summed E-state index contributed by atoms with van der Waals surface area (Å²) in [6.45, 7) is 0. The molecule has 6 nitrogen and oxygen atoms in total. The van der Waals surface area contributed by atoms with Crippen LogP contribution >= 0.6 is 0 Å². The molecule has 2 rings (SSSR count). The van der Waals surface area contributed by atoms with Crippen molar-refractivity contribution >= 4 is 11.8 Å². The molecule has 0 bridgehead atoms. The van der Waals surface area contributed by atoms with Crippen LogP contribution in [0.15, 0.2) is 41.1 Å². The fraction of sp³-hybridized carbons (Fsp3) is 0.0833. The molecule has 0 spiro atoms. The van der Waals surface area contributed by atoms with E-state index >= 15 is 0 Å². The summed E-state index contributed by atoms with van der Waals surface area (Å²) in [4.78, 5) is 26.1. The van der Waals surface area contributed by atoms with Gasteiger partial charge in [0.05, 0.1) is 11.8 Å². The molecular formula is C12H9F2N3O3. The number of rotatable bonds is 3. The lowest BCUT2D eigenvalue weighted by atomic mass is 10.2. The maximum atomic E-state index is 11.9. The standard InChI is InChI=1S/C12H9F2N3O3/c13-10(14)12(19)17-16-11(18)7-3-4-8(15-6-7)9-2-1-5-20-9/h1-6,10H,(H,16,18)(H,17,19). The van der Waals surface area contributed by atoms with Crippen LogP contribution in [0.5, 0.6) is 0 Å². The van der Waals surface area contributed by atoms with E-state index in [4.69, 9.17) is 4.42 Å². The summed E-state index contributed by atoms with van der Waals surface area (Å²) in [5, 5.41) is 0. The summed E-state index contributed by atoms with van der Waals surface area (Å²) >= 11 is 0. The van der Waals surface area contributed by atoms with Crippen molar-refractivity contribution in [2.45, 2.75) is 6.43 Å². The molecule has 20 heavy (non-hydrogen) atoms. The number of alkyl halides is 2. The Morgan fingerprint density at radius 2 is 2.00 bits per heavy atom. The molecule has 104 valence electrons. The van der Waals surface area contributed by atoms with Crippen molar-refractivity contribution in [3.63, 3.8) is 0 Å². The molecule has 2 heterocycles. The first kappa shape index (κ1) is 13.7. The van der Waals surface area contributed by atoms with Crippen LogP contribution < -0.4 is 10.9 Å². The minimum absolute atomic E-state index is 0.106. The van der Waals surface area contributed by atoms with Crippen LogP contribution in [0.1, 0.15) is 10.4 Å². The second-order valence-electron chi connectivity index (χ2n) is 3.65. The highest BCUT2D eigenvalue weighted by atomic mass is 19.3. The molecule has 2 amide bonds. The van der Waals surface area contributed by atoms with Crippen LogP contribution in [0.25, 0.3) is 11.5 Å². The van der Waals surface area contributed by atoms with Crippen molar-refractivity contribution in [1.29, 1.82) is 0 Å². The van der Waals surface area contributed by atoms with Gasteiger partial charge in [0.25, 0.3) is 5.91 Å². The number of carbonyl (C=O) groups is 2. The van der Waals surface area contributed by atoms with Gasteiger partial charge in [-0.05, 0) is 24.3 Å². The zero-order valence-corrected chi connectivity index (χ0v) is 9.97. The second kappa shape index (κ2) is 5.91. The Bertz CT molecular complexity index is 597. The monoisotopic (exact) mass is 281 g/mol. The Kier molecular flexibility index (Phi) is 4.04. The predicted molar refractivity (Wildman–Crippen MR) is 63.6 cm³/mol. The van der Waals surface area contributed by atoms with Gasteiger partial charge in [0.1, 0.15) is 5.69 Å². The SMILES string of the molecule is O=C(NNC(=O)C(F)F)c1ccc(-c2ccco2)nc1. The second-order valence-corrected chi connectivity index (χ2v) is 3.65. The smallest absolute Gasteiger partial charge is 0.317 e. The molecular weight excluding hydrogens is 272 g/mol. The van der Waals surface area contributed by atoms with Crippen molar-refractivity contribution in [3.05, 3.63) is 42.3 Å². The number of hydrazine groups is 1. The van der Waals surface area contributed by atoms with Gasteiger partial charge in [0.2, 0.25) is 0 Å². The number of carbonyl (C=O) groups excluding carboxylic acids is 2. The lowest BCUT2D eigenvalue weighted by molar-refractivity contribution is -0.132. The number of hydrogen-bond donors (Lipinski definition) is 2. The third kappa shape index (κ3) is 3.16. The molecule has 0 aromatic carbocycles. The molecule has 0 aliphatic heterocycles. The zero-order chi connectivity index (χ0) is 14.5. The van der Waals surface area contributed by atoms with E-state index in [1.54, 1.807) is 17.6 Å². The molecule has 8 heteroatoms. The summed E-state index contributed by atoms with van der Waals surface area (Å²) in [6.07, 6.45) is -0.478. The van der Waals surface area contributed by atoms with Gasteiger partial charge in [0.15, 0.2) is 5.76 Å². The van der Waals surface area contributed by atoms with Crippen LogP contribution in [0.4, 0.5) is 8.78 Å². The first-order chi connectivity index (χ1) is 9.58. The highest BCUT2D eigenvalue weighted by Crippen LogP contribution is 2.16. The first-order valence-electron chi connectivity index (χ1n) is 5.46. The number of halogens is 2. The highest BCUT2D eigenvalue weighted by molar-refractivity contribution is 5.95. The fourth-order valence-corrected chi connectivity index (χ4v) is 1.34. The van der Waals surface area contributed by atoms with Gasteiger partial charge in [-0.3, -0.25) is 25.4 Å². The minimum atomic E-state index is -3.20. The number of nitrogens with one attached hydrogen (secondary N) is 2. The van der Waals surface area contributed by atoms with Crippen molar-refractivity contribution in [1.82, 2.24) is 15.8 Å². The normalized spacial score (nSPS) is 10.3. The first-order valence-corrected chi connectivity index (χ1v) is 5.46. The molecule has 0 unspecified atom stereocenters. The van der Waals surface area contributed by atoms with Gasteiger partial charge in [-0.25, -0.2) is 0 Å². The third-order valence-electron chi connectivity index (χ3n) is 2.30. The van der Waals surface area contributed by atoms with Crippen molar-refractivity contribution in [2.24, 2.45) is 0 Å². The zero-order valence-electron chi connectivity index (χ0n) is 9.97. The van der Waals surface area contributed by atoms with E-state index in [2.05, 4.69) is 4.98 Å². The number of furan rings is 1. The quantitative estimate of drug-likeness (QED) is 0.832. The Morgan fingerprint density at radius 1 is 1.20 bits per heavy atom. The molecule has 0 fully saturated rings. The van der Waals surface area contributed by atoms with Crippen LogP contribution in [-0.4, -0.2) is 23.2 Å². The van der Waals surface area contributed by atoms with Gasteiger partial charge in [-0.15, -0.1) is 0 Å². The van der Waals surface area contributed by atoms with Gasteiger partial charge in [-0.1, -0.05) is 0 Å². The topological polar surface area (TPSA) is 84.2 Å². The lowest BCUT2D eigenvalue weighted by Crippen LogP contribution is -2.44. The van der Waals surface area contributed by atoms with E-state index in [1.807, 2.05) is 5.43 Å². The van der Waals surface area contributed by atoms with Crippen LogP contribution in [0, 0.1) is 0 Å². The van der Waals surface area contributed by atoms with E-state index < -0.39 is 18.2 Å². The van der Waals surface area contributed by atoms with Gasteiger partial charge in [-0.2, -0.15) is 8.78 Å². The summed E-state index contributed by atoms with van der Waals surface area (Å²) in [7, 11) is 0. The van der Waals surface area contributed by atoms with Crippen molar-refractivity contribution < 1.29 is 22.8 Å². The van der Waals surface area contributed by atoms with Gasteiger partial charge >= 0.3 is 12.3 Å². The number of amides is 2. The number of hydrogen-bond acceptors (Lipinski definition) is 4. The Hall–Kier alpha value is -2.77. The molecule has 0 saturated carbocycles. The van der Waals surface area contributed by atoms with E-state index in [9.17, 15) is 18.4 Å². The Morgan fingerprint density at radius 3 is 2.55 bits per heavy atom. The molecule has 0 saturated heterocycles. The van der Waals surface area contributed by atoms with Crippen LogP contribution in [0.3, 0.4) is 0 Å².